The normalized spacial score (nSPS) is 33.0. The maximum Gasteiger partial charge on any atom is 0.136 e. The van der Waals surface area contributed by atoms with Crippen molar-refractivity contribution < 1.29 is 9.78 Å². The van der Waals surface area contributed by atoms with Crippen LogP contribution in [0, 0.1) is 0 Å². The van der Waals surface area contributed by atoms with Crippen LogP contribution in [0.3, 0.4) is 0 Å². The summed E-state index contributed by atoms with van der Waals surface area (Å²) >= 11 is 0. The predicted molar refractivity (Wildman–Crippen MR) is 41.8 cm³/mol. The summed E-state index contributed by atoms with van der Waals surface area (Å²) in [6.45, 7) is 5.73. The molecule has 2 atom stereocenters. The molecular formula is C9H10O2. The van der Waals surface area contributed by atoms with Gasteiger partial charge in [0.1, 0.15) is 12.2 Å². The van der Waals surface area contributed by atoms with Crippen molar-refractivity contribution in [3.63, 3.8) is 0 Å². The first-order valence-electron chi connectivity index (χ1n) is 3.66. The first-order valence-corrected chi connectivity index (χ1v) is 3.66. The molecule has 0 radical (unpaired) electrons. The van der Waals surface area contributed by atoms with E-state index in [1.807, 2.05) is 25.2 Å². The third kappa shape index (κ3) is 0.870. The molecule has 0 amide bonds. The molecule has 58 valence electrons. The fourth-order valence-corrected chi connectivity index (χ4v) is 1.43. The highest BCUT2D eigenvalue weighted by molar-refractivity contribution is 5.40. The molecule has 2 bridgehead atoms. The molecule has 2 rings (SSSR count). The molecule has 2 heteroatoms. The number of rotatable bonds is 1. The number of hydrogen-bond donors (Lipinski definition) is 0. The Labute approximate surface area is 65.7 Å². The molecule has 0 N–H and O–H groups in total. The summed E-state index contributed by atoms with van der Waals surface area (Å²) in [5.74, 6) is 0. The van der Waals surface area contributed by atoms with Crippen LogP contribution >= 0.6 is 0 Å². The third-order valence-electron chi connectivity index (χ3n) is 2.10. The highest BCUT2D eigenvalue weighted by atomic mass is 17.2. The smallest absolute Gasteiger partial charge is 0.136 e. The Morgan fingerprint density at radius 3 is 2.36 bits per heavy atom. The summed E-state index contributed by atoms with van der Waals surface area (Å²) in [7, 11) is 0. The summed E-state index contributed by atoms with van der Waals surface area (Å²) in [6, 6.07) is 0. The van der Waals surface area contributed by atoms with Gasteiger partial charge >= 0.3 is 0 Å². The van der Waals surface area contributed by atoms with E-state index in [0.29, 0.717) is 0 Å². The summed E-state index contributed by atoms with van der Waals surface area (Å²) in [6.07, 6.45) is 5.93. The van der Waals surface area contributed by atoms with Gasteiger partial charge in [0.2, 0.25) is 0 Å². The fourth-order valence-electron chi connectivity index (χ4n) is 1.43. The molecule has 11 heavy (non-hydrogen) atoms. The Balaban J connectivity index is 2.39. The summed E-state index contributed by atoms with van der Waals surface area (Å²) in [5.41, 5.74) is 2.35. The lowest BCUT2D eigenvalue weighted by Gasteiger charge is -2.00. The van der Waals surface area contributed by atoms with Crippen molar-refractivity contribution in [1.82, 2.24) is 0 Å². The number of allylic oxidation sites excluding steroid dienone is 2. The van der Waals surface area contributed by atoms with Gasteiger partial charge < -0.3 is 0 Å². The molecule has 1 saturated heterocycles. The summed E-state index contributed by atoms with van der Waals surface area (Å²) in [5, 5.41) is 0. The van der Waals surface area contributed by atoms with E-state index < -0.39 is 0 Å². The molecule has 1 aliphatic heterocycles. The molecule has 0 aromatic heterocycles. The van der Waals surface area contributed by atoms with Crippen LogP contribution in [0.4, 0.5) is 0 Å². The van der Waals surface area contributed by atoms with E-state index in [1.165, 1.54) is 5.57 Å². The largest absolute Gasteiger partial charge is 0.224 e. The van der Waals surface area contributed by atoms with Crippen molar-refractivity contribution in [3.05, 3.63) is 36.0 Å². The highest BCUT2D eigenvalue weighted by Crippen LogP contribution is 2.34. The minimum absolute atomic E-state index is 0.0398. The number of fused-ring (bicyclic) bond motifs is 2. The Morgan fingerprint density at radius 2 is 2.00 bits per heavy atom. The quantitative estimate of drug-likeness (QED) is 0.419. The van der Waals surface area contributed by atoms with Gasteiger partial charge in [-0.15, -0.1) is 0 Å². The molecule has 0 aromatic rings. The summed E-state index contributed by atoms with van der Waals surface area (Å²) < 4.78 is 0. The lowest BCUT2D eigenvalue weighted by molar-refractivity contribution is -0.286. The van der Waals surface area contributed by atoms with E-state index >= 15 is 0 Å². The highest BCUT2D eigenvalue weighted by Gasteiger charge is 2.36. The zero-order valence-electron chi connectivity index (χ0n) is 6.41. The Kier molecular flexibility index (Phi) is 1.44. The average molecular weight is 150 g/mol. The van der Waals surface area contributed by atoms with Crippen LogP contribution < -0.4 is 0 Å². The Hall–Kier alpha value is -0.860. The SMILES string of the molecule is C=CC(C)=C1C2C=CC1OO2. The zero-order chi connectivity index (χ0) is 7.84. The van der Waals surface area contributed by atoms with Gasteiger partial charge in [-0.3, -0.25) is 0 Å². The zero-order valence-corrected chi connectivity index (χ0v) is 6.41. The van der Waals surface area contributed by atoms with E-state index in [0.717, 1.165) is 5.57 Å². The van der Waals surface area contributed by atoms with E-state index in [2.05, 4.69) is 6.58 Å². The minimum atomic E-state index is 0.0398. The molecule has 1 fully saturated rings. The van der Waals surface area contributed by atoms with Gasteiger partial charge in [-0.1, -0.05) is 12.7 Å². The van der Waals surface area contributed by atoms with Gasteiger partial charge in [-0.05, 0) is 24.6 Å². The molecule has 2 aliphatic rings. The van der Waals surface area contributed by atoms with Gasteiger partial charge in [-0.2, -0.15) is 0 Å². The third-order valence-corrected chi connectivity index (χ3v) is 2.10. The Bertz CT molecular complexity index is 234. The fraction of sp³-hybridized carbons (Fsp3) is 0.333. The van der Waals surface area contributed by atoms with Crippen LogP contribution in [-0.2, 0) is 9.78 Å². The van der Waals surface area contributed by atoms with Crippen LogP contribution in [0.5, 0.6) is 0 Å². The van der Waals surface area contributed by atoms with Gasteiger partial charge in [-0.25, -0.2) is 9.78 Å². The van der Waals surface area contributed by atoms with Gasteiger partial charge in [0.15, 0.2) is 0 Å². The van der Waals surface area contributed by atoms with Gasteiger partial charge in [0, 0.05) is 5.57 Å². The van der Waals surface area contributed by atoms with Crippen molar-refractivity contribution in [2.24, 2.45) is 0 Å². The molecule has 0 saturated carbocycles. The lowest BCUT2D eigenvalue weighted by atomic mass is 10.0. The van der Waals surface area contributed by atoms with Crippen molar-refractivity contribution >= 4 is 0 Å². The van der Waals surface area contributed by atoms with E-state index in [9.17, 15) is 0 Å². The first kappa shape index (κ1) is 6.83. The van der Waals surface area contributed by atoms with Crippen molar-refractivity contribution in [2.45, 2.75) is 19.1 Å². The Morgan fingerprint density at radius 1 is 1.45 bits per heavy atom. The topological polar surface area (TPSA) is 18.5 Å². The van der Waals surface area contributed by atoms with Crippen molar-refractivity contribution in [2.75, 3.05) is 0 Å². The maximum atomic E-state index is 5.00. The predicted octanol–water partition coefficient (Wildman–Crippen LogP) is 1.76. The average Bonchev–Trinajstić information content (AvgIpc) is 2.61. The van der Waals surface area contributed by atoms with Crippen LogP contribution in [0.2, 0.25) is 0 Å². The van der Waals surface area contributed by atoms with Gasteiger partial charge in [0.05, 0.1) is 0 Å². The van der Waals surface area contributed by atoms with Crippen molar-refractivity contribution in [1.29, 1.82) is 0 Å². The second kappa shape index (κ2) is 2.32. The second-order valence-electron chi connectivity index (χ2n) is 2.76. The molecule has 1 aliphatic carbocycles. The summed E-state index contributed by atoms with van der Waals surface area (Å²) in [4.78, 5) is 9.99. The van der Waals surface area contributed by atoms with E-state index in [4.69, 9.17) is 9.78 Å². The minimum Gasteiger partial charge on any atom is -0.224 e. The monoisotopic (exact) mass is 150 g/mol. The standard InChI is InChI=1S/C9H10O2/c1-3-6(2)9-7-4-5-8(9)11-10-7/h3-5,7-8H,1H2,2H3. The van der Waals surface area contributed by atoms with Gasteiger partial charge in [0.25, 0.3) is 0 Å². The molecule has 2 nitrogen and oxygen atoms in total. The van der Waals surface area contributed by atoms with E-state index in [-0.39, 0.29) is 12.2 Å². The maximum absolute atomic E-state index is 5.00. The van der Waals surface area contributed by atoms with Crippen molar-refractivity contribution in [3.8, 4) is 0 Å². The van der Waals surface area contributed by atoms with Crippen LogP contribution in [0.25, 0.3) is 0 Å². The lowest BCUT2D eigenvalue weighted by Crippen LogP contribution is -2.02. The number of hydrogen-bond acceptors (Lipinski definition) is 2. The molecule has 2 unspecified atom stereocenters. The second-order valence-corrected chi connectivity index (χ2v) is 2.76. The van der Waals surface area contributed by atoms with E-state index in [1.54, 1.807) is 0 Å². The molecule has 1 heterocycles. The first-order chi connectivity index (χ1) is 5.33. The molecular weight excluding hydrogens is 140 g/mol. The molecule has 0 spiro atoms. The molecule has 0 aromatic carbocycles. The van der Waals surface area contributed by atoms with Crippen LogP contribution in [0.1, 0.15) is 6.92 Å². The van der Waals surface area contributed by atoms with Crippen LogP contribution in [-0.4, -0.2) is 12.2 Å². The van der Waals surface area contributed by atoms with Crippen LogP contribution in [0.15, 0.2) is 36.0 Å².